The Morgan fingerprint density at radius 3 is 3.00 bits per heavy atom. The molecule has 2 fully saturated rings. The summed E-state index contributed by atoms with van der Waals surface area (Å²) in [5, 5.41) is 7.90. The molecule has 2 bridgehead atoms. The van der Waals surface area contributed by atoms with Crippen molar-refractivity contribution in [1.29, 1.82) is 0 Å². The van der Waals surface area contributed by atoms with E-state index in [4.69, 9.17) is 5.73 Å². The van der Waals surface area contributed by atoms with Crippen molar-refractivity contribution in [2.45, 2.75) is 31.3 Å². The van der Waals surface area contributed by atoms with Crippen LogP contribution in [0.4, 0.5) is 11.8 Å². The molecule has 0 spiro atoms. The first-order chi connectivity index (χ1) is 9.72. The molecule has 106 valence electrons. The zero-order valence-electron chi connectivity index (χ0n) is 11.6. The van der Waals surface area contributed by atoms with Crippen LogP contribution < -0.4 is 10.6 Å². The molecule has 0 aliphatic carbocycles. The van der Waals surface area contributed by atoms with E-state index in [1.54, 1.807) is 6.20 Å². The van der Waals surface area contributed by atoms with Crippen LogP contribution in [-0.4, -0.2) is 57.3 Å². The third kappa shape index (κ3) is 1.73. The number of aromatic nitrogens is 4. The predicted molar refractivity (Wildman–Crippen MR) is 77.5 cm³/mol. The average molecular weight is 273 g/mol. The second-order valence-electron chi connectivity index (χ2n) is 5.82. The molecule has 2 atom stereocenters. The highest BCUT2D eigenvalue weighted by atomic mass is 15.3. The fraction of sp³-hybridized carbons (Fsp3) is 0.615. The van der Waals surface area contributed by atoms with Crippen molar-refractivity contribution in [1.82, 2.24) is 25.1 Å². The van der Waals surface area contributed by atoms with Crippen molar-refractivity contribution in [3.05, 3.63) is 6.20 Å². The fourth-order valence-corrected chi connectivity index (χ4v) is 3.58. The quantitative estimate of drug-likeness (QED) is 0.791. The number of aromatic amines is 1. The van der Waals surface area contributed by atoms with E-state index >= 15 is 0 Å². The predicted octanol–water partition coefficient (Wildman–Crippen LogP) is 0.608. The Labute approximate surface area is 117 Å². The molecule has 2 aromatic rings. The second kappa shape index (κ2) is 4.31. The van der Waals surface area contributed by atoms with Gasteiger partial charge in [-0.3, -0.25) is 10.00 Å². The first kappa shape index (κ1) is 11.9. The number of fused-ring (bicyclic) bond motifs is 3. The summed E-state index contributed by atoms with van der Waals surface area (Å²) in [5.74, 6) is 1.22. The van der Waals surface area contributed by atoms with Gasteiger partial charge in [-0.2, -0.15) is 15.1 Å². The first-order valence-electron chi connectivity index (χ1n) is 7.16. The number of likely N-dealkylation sites (N-methyl/N-ethyl adjacent to an activating group) is 1. The van der Waals surface area contributed by atoms with Crippen molar-refractivity contribution in [2.75, 3.05) is 30.8 Å². The number of nitrogens with two attached hydrogens (primary N) is 1. The van der Waals surface area contributed by atoms with Gasteiger partial charge in [0.25, 0.3) is 0 Å². The van der Waals surface area contributed by atoms with Crippen LogP contribution in [0.15, 0.2) is 6.20 Å². The van der Waals surface area contributed by atoms with E-state index in [2.05, 4.69) is 37.0 Å². The Hall–Kier alpha value is -1.89. The molecule has 20 heavy (non-hydrogen) atoms. The maximum absolute atomic E-state index is 5.83. The summed E-state index contributed by atoms with van der Waals surface area (Å²) in [5.41, 5.74) is 6.54. The van der Waals surface area contributed by atoms with Crippen molar-refractivity contribution in [3.8, 4) is 0 Å². The Morgan fingerprint density at radius 1 is 1.25 bits per heavy atom. The number of rotatable bonds is 1. The zero-order chi connectivity index (χ0) is 13.7. The Bertz CT molecular complexity index is 637. The summed E-state index contributed by atoms with van der Waals surface area (Å²) in [6.07, 6.45) is 5.56. The minimum Gasteiger partial charge on any atom is -0.368 e. The van der Waals surface area contributed by atoms with Gasteiger partial charge in [0.05, 0.1) is 11.6 Å². The largest absolute Gasteiger partial charge is 0.368 e. The van der Waals surface area contributed by atoms with Crippen LogP contribution in [-0.2, 0) is 0 Å². The normalized spacial score (nSPS) is 27.1. The van der Waals surface area contributed by atoms with Crippen LogP contribution in [0.25, 0.3) is 11.0 Å². The molecular formula is C13H19N7. The van der Waals surface area contributed by atoms with Gasteiger partial charge in [0, 0.05) is 25.2 Å². The maximum Gasteiger partial charge on any atom is 0.224 e. The van der Waals surface area contributed by atoms with E-state index in [0.29, 0.717) is 18.0 Å². The molecule has 0 amide bonds. The van der Waals surface area contributed by atoms with Gasteiger partial charge in [0.2, 0.25) is 5.95 Å². The molecule has 7 heteroatoms. The zero-order valence-corrected chi connectivity index (χ0v) is 11.6. The molecule has 4 heterocycles. The third-order valence-electron chi connectivity index (χ3n) is 4.75. The van der Waals surface area contributed by atoms with Gasteiger partial charge >= 0.3 is 0 Å². The van der Waals surface area contributed by atoms with Crippen molar-refractivity contribution in [2.24, 2.45) is 0 Å². The molecule has 7 nitrogen and oxygen atoms in total. The Morgan fingerprint density at radius 2 is 2.10 bits per heavy atom. The Balaban J connectivity index is 1.74. The van der Waals surface area contributed by atoms with E-state index in [1.165, 1.54) is 19.3 Å². The van der Waals surface area contributed by atoms with E-state index in [0.717, 1.165) is 29.9 Å². The summed E-state index contributed by atoms with van der Waals surface area (Å²) in [6.45, 7) is 2.02. The van der Waals surface area contributed by atoms with Crippen molar-refractivity contribution >= 4 is 22.8 Å². The number of anilines is 2. The summed E-state index contributed by atoms with van der Waals surface area (Å²) >= 11 is 0. The van der Waals surface area contributed by atoms with E-state index in [9.17, 15) is 0 Å². The topological polar surface area (TPSA) is 87.0 Å². The molecule has 0 saturated carbocycles. The highest BCUT2D eigenvalue weighted by Gasteiger charge is 2.35. The SMILES string of the molecule is CN1C2CCC1CN(c1nc(N)nc3[nH]ncc13)CC2. The van der Waals surface area contributed by atoms with Gasteiger partial charge in [0.1, 0.15) is 5.82 Å². The summed E-state index contributed by atoms with van der Waals surface area (Å²) in [7, 11) is 2.24. The second-order valence-corrected chi connectivity index (χ2v) is 5.82. The lowest BCUT2D eigenvalue weighted by Gasteiger charge is -2.27. The smallest absolute Gasteiger partial charge is 0.224 e. The number of nitrogens with zero attached hydrogens (tertiary/aromatic N) is 5. The maximum atomic E-state index is 5.83. The monoisotopic (exact) mass is 273 g/mol. The van der Waals surface area contributed by atoms with Crippen LogP contribution in [0, 0.1) is 0 Å². The number of H-pyrrole nitrogens is 1. The average Bonchev–Trinajstić information content (AvgIpc) is 2.94. The van der Waals surface area contributed by atoms with Crippen LogP contribution in [0.3, 0.4) is 0 Å². The van der Waals surface area contributed by atoms with Crippen LogP contribution in [0.5, 0.6) is 0 Å². The van der Waals surface area contributed by atoms with Gasteiger partial charge in [-0.1, -0.05) is 0 Å². The lowest BCUT2D eigenvalue weighted by molar-refractivity contribution is 0.254. The van der Waals surface area contributed by atoms with Gasteiger partial charge in [-0.05, 0) is 26.3 Å². The molecular weight excluding hydrogens is 254 g/mol. The van der Waals surface area contributed by atoms with Crippen LogP contribution >= 0.6 is 0 Å². The summed E-state index contributed by atoms with van der Waals surface area (Å²) < 4.78 is 0. The molecule has 2 unspecified atom stereocenters. The van der Waals surface area contributed by atoms with Crippen LogP contribution in [0.2, 0.25) is 0 Å². The molecule has 4 rings (SSSR count). The highest BCUT2D eigenvalue weighted by molar-refractivity contribution is 5.87. The Kier molecular flexibility index (Phi) is 2.56. The molecule has 2 aliphatic heterocycles. The molecule has 2 aliphatic rings. The molecule has 2 saturated heterocycles. The lowest BCUT2D eigenvalue weighted by atomic mass is 10.1. The van der Waals surface area contributed by atoms with Gasteiger partial charge < -0.3 is 10.6 Å². The molecule has 0 radical (unpaired) electrons. The van der Waals surface area contributed by atoms with Crippen molar-refractivity contribution < 1.29 is 0 Å². The third-order valence-corrected chi connectivity index (χ3v) is 4.75. The first-order valence-corrected chi connectivity index (χ1v) is 7.16. The minimum atomic E-state index is 0.305. The minimum absolute atomic E-state index is 0.305. The van der Waals surface area contributed by atoms with Gasteiger partial charge in [-0.25, -0.2) is 0 Å². The summed E-state index contributed by atoms with van der Waals surface area (Å²) in [6, 6.07) is 1.32. The summed E-state index contributed by atoms with van der Waals surface area (Å²) in [4.78, 5) is 13.5. The molecule has 3 N–H and O–H groups in total. The van der Waals surface area contributed by atoms with Gasteiger partial charge in [-0.15, -0.1) is 0 Å². The van der Waals surface area contributed by atoms with Crippen LogP contribution in [0.1, 0.15) is 19.3 Å². The molecule has 2 aromatic heterocycles. The van der Waals surface area contributed by atoms with Gasteiger partial charge in [0.15, 0.2) is 5.65 Å². The van der Waals surface area contributed by atoms with E-state index < -0.39 is 0 Å². The number of nitrogen functional groups attached to an aromatic ring is 1. The van der Waals surface area contributed by atoms with E-state index in [-0.39, 0.29) is 0 Å². The van der Waals surface area contributed by atoms with E-state index in [1.807, 2.05) is 0 Å². The number of hydrogen-bond acceptors (Lipinski definition) is 6. The van der Waals surface area contributed by atoms with Crippen molar-refractivity contribution in [3.63, 3.8) is 0 Å². The lowest BCUT2D eigenvalue weighted by Crippen LogP contribution is -2.37. The standard InChI is InChI=1S/C13H19N7/c1-19-8-2-3-9(19)7-20(5-4-8)12-10-6-15-18-11(10)16-13(14)17-12/h6,8-9H,2-5,7H2,1H3,(H3,14,15,16,17,18). The number of hydrogen-bond donors (Lipinski definition) is 2. The number of nitrogens with one attached hydrogen (secondary N) is 1. The fourth-order valence-electron chi connectivity index (χ4n) is 3.58. The highest BCUT2D eigenvalue weighted by Crippen LogP contribution is 2.32. The molecule has 0 aromatic carbocycles.